The zero-order valence-corrected chi connectivity index (χ0v) is 20.2. The quantitative estimate of drug-likeness (QED) is 0.300. The monoisotopic (exact) mass is 447 g/mol. The van der Waals surface area contributed by atoms with Gasteiger partial charge in [0, 0.05) is 19.0 Å². The van der Waals surface area contributed by atoms with Crippen molar-refractivity contribution in [1.82, 2.24) is 5.32 Å². The van der Waals surface area contributed by atoms with Gasteiger partial charge in [-0.3, -0.25) is 0 Å². The fraction of sp³-hybridized carbons (Fsp3) is 0.273. The standard InChI is InChI=1S/C19H22.C14H15N/c1-4-10-16(11-5-1)19(17-12-6-2-7-13-17)18-14-8-3-9-15-18;1-3-7-13(8-4-1)11-15-12-14-9-5-2-6-10-14/h1-2,4-7,10-13,18-19H,3,8-9,14-15H2;1-10,15H,11-12H2. The molecule has 1 aliphatic rings. The minimum atomic E-state index is 0.586. The first-order valence-electron chi connectivity index (χ1n) is 12.8. The molecule has 0 spiro atoms. The Hall–Kier alpha value is -3.16. The number of hydrogen-bond acceptors (Lipinski definition) is 1. The molecule has 1 heteroatoms. The molecular formula is C33H37N. The summed E-state index contributed by atoms with van der Waals surface area (Å²) in [7, 11) is 0. The van der Waals surface area contributed by atoms with Crippen molar-refractivity contribution in [1.29, 1.82) is 0 Å². The van der Waals surface area contributed by atoms with Crippen molar-refractivity contribution in [2.24, 2.45) is 5.92 Å². The lowest BCUT2D eigenvalue weighted by Gasteiger charge is -2.31. The molecule has 0 unspecified atom stereocenters. The molecular weight excluding hydrogens is 410 g/mol. The van der Waals surface area contributed by atoms with Gasteiger partial charge in [-0.25, -0.2) is 0 Å². The number of hydrogen-bond donors (Lipinski definition) is 1. The van der Waals surface area contributed by atoms with Crippen LogP contribution in [-0.2, 0) is 13.1 Å². The Morgan fingerprint density at radius 2 is 0.882 bits per heavy atom. The highest BCUT2D eigenvalue weighted by atomic mass is 14.8. The van der Waals surface area contributed by atoms with Gasteiger partial charge >= 0.3 is 0 Å². The smallest absolute Gasteiger partial charge is 0.0208 e. The van der Waals surface area contributed by atoms with Crippen LogP contribution in [0.3, 0.4) is 0 Å². The van der Waals surface area contributed by atoms with Crippen molar-refractivity contribution in [3.8, 4) is 0 Å². The van der Waals surface area contributed by atoms with E-state index < -0.39 is 0 Å². The molecule has 4 aromatic rings. The first-order valence-corrected chi connectivity index (χ1v) is 12.8. The third kappa shape index (κ3) is 7.43. The van der Waals surface area contributed by atoms with Crippen LogP contribution >= 0.6 is 0 Å². The second-order valence-corrected chi connectivity index (χ2v) is 9.27. The molecule has 0 aromatic heterocycles. The van der Waals surface area contributed by atoms with Crippen molar-refractivity contribution >= 4 is 0 Å². The van der Waals surface area contributed by atoms with Crippen LogP contribution < -0.4 is 5.32 Å². The summed E-state index contributed by atoms with van der Waals surface area (Å²) in [5.41, 5.74) is 5.63. The highest BCUT2D eigenvalue weighted by Gasteiger charge is 2.26. The number of rotatable bonds is 7. The van der Waals surface area contributed by atoms with Gasteiger partial charge in [0.15, 0.2) is 0 Å². The molecule has 34 heavy (non-hydrogen) atoms. The molecule has 5 rings (SSSR count). The van der Waals surface area contributed by atoms with Crippen LogP contribution in [0.25, 0.3) is 0 Å². The topological polar surface area (TPSA) is 12.0 Å². The average molecular weight is 448 g/mol. The van der Waals surface area contributed by atoms with Gasteiger partial charge in [-0.05, 0) is 41.0 Å². The van der Waals surface area contributed by atoms with Crippen LogP contribution in [0.2, 0.25) is 0 Å². The second-order valence-electron chi connectivity index (χ2n) is 9.27. The lowest BCUT2D eigenvalue weighted by Crippen LogP contribution is -2.17. The van der Waals surface area contributed by atoms with Gasteiger partial charge in [-0.2, -0.15) is 0 Å². The maximum atomic E-state index is 3.42. The van der Waals surface area contributed by atoms with E-state index in [2.05, 4.69) is 115 Å². The Kier molecular flexibility index (Phi) is 9.54. The third-order valence-electron chi connectivity index (χ3n) is 6.78. The second kappa shape index (κ2) is 13.5. The van der Waals surface area contributed by atoms with Crippen molar-refractivity contribution in [3.63, 3.8) is 0 Å². The fourth-order valence-electron chi connectivity index (χ4n) is 5.07. The van der Waals surface area contributed by atoms with Gasteiger partial charge in [0.1, 0.15) is 0 Å². The summed E-state index contributed by atoms with van der Waals surface area (Å²) in [5.74, 6) is 1.40. The third-order valence-corrected chi connectivity index (χ3v) is 6.78. The van der Waals surface area contributed by atoms with Crippen molar-refractivity contribution in [2.45, 2.75) is 51.1 Å². The molecule has 0 bridgehead atoms. The van der Waals surface area contributed by atoms with E-state index in [9.17, 15) is 0 Å². The molecule has 1 saturated carbocycles. The summed E-state index contributed by atoms with van der Waals surface area (Å²) in [5, 5.41) is 3.42. The number of nitrogens with one attached hydrogen (secondary N) is 1. The van der Waals surface area contributed by atoms with Gasteiger partial charge in [0.05, 0.1) is 0 Å². The van der Waals surface area contributed by atoms with Crippen LogP contribution in [0.15, 0.2) is 121 Å². The van der Waals surface area contributed by atoms with Gasteiger partial charge < -0.3 is 5.32 Å². The number of benzene rings is 4. The highest BCUT2D eigenvalue weighted by molar-refractivity contribution is 5.33. The fourth-order valence-corrected chi connectivity index (χ4v) is 5.07. The summed E-state index contributed by atoms with van der Waals surface area (Å²) >= 11 is 0. The maximum absolute atomic E-state index is 3.42. The van der Waals surface area contributed by atoms with Crippen molar-refractivity contribution in [2.75, 3.05) is 0 Å². The average Bonchev–Trinajstić information content (AvgIpc) is 2.92. The summed E-state index contributed by atoms with van der Waals surface area (Å²) < 4.78 is 0. The van der Waals surface area contributed by atoms with Gasteiger partial charge in [0.25, 0.3) is 0 Å². The van der Waals surface area contributed by atoms with E-state index in [-0.39, 0.29) is 0 Å². The maximum Gasteiger partial charge on any atom is 0.0208 e. The van der Waals surface area contributed by atoms with E-state index in [1.165, 1.54) is 54.4 Å². The van der Waals surface area contributed by atoms with E-state index >= 15 is 0 Å². The summed E-state index contributed by atoms with van der Waals surface area (Å²) in [6.07, 6.45) is 7.00. The van der Waals surface area contributed by atoms with Crippen molar-refractivity contribution < 1.29 is 0 Å². The van der Waals surface area contributed by atoms with E-state index in [4.69, 9.17) is 0 Å². The van der Waals surface area contributed by atoms with Crippen LogP contribution in [0.1, 0.15) is 60.3 Å². The molecule has 0 radical (unpaired) electrons. The molecule has 174 valence electrons. The lowest BCUT2D eigenvalue weighted by molar-refractivity contribution is 0.327. The lowest BCUT2D eigenvalue weighted by atomic mass is 9.74. The zero-order valence-electron chi connectivity index (χ0n) is 20.2. The molecule has 1 fully saturated rings. The van der Waals surface area contributed by atoms with E-state index in [0.717, 1.165) is 19.0 Å². The van der Waals surface area contributed by atoms with Crippen LogP contribution in [0.5, 0.6) is 0 Å². The first-order chi connectivity index (χ1) is 16.9. The molecule has 0 aliphatic heterocycles. The highest BCUT2D eigenvalue weighted by Crippen LogP contribution is 2.40. The predicted octanol–water partition coefficient (Wildman–Crippen LogP) is 8.38. The summed E-state index contributed by atoms with van der Waals surface area (Å²) in [4.78, 5) is 0. The molecule has 0 atom stereocenters. The summed E-state index contributed by atoms with van der Waals surface area (Å²) in [6.45, 7) is 1.85. The van der Waals surface area contributed by atoms with E-state index in [1.54, 1.807) is 0 Å². The Balaban J connectivity index is 0.000000166. The molecule has 0 heterocycles. The summed E-state index contributed by atoms with van der Waals surface area (Å²) in [6, 6.07) is 43.0. The Bertz CT molecular complexity index is 960. The van der Waals surface area contributed by atoms with Gasteiger partial charge in [-0.15, -0.1) is 0 Å². The van der Waals surface area contributed by atoms with Gasteiger partial charge in [-0.1, -0.05) is 141 Å². The van der Waals surface area contributed by atoms with E-state index in [0.29, 0.717) is 5.92 Å². The van der Waals surface area contributed by atoms with Crippen LogP contribution in [0.4, 0.5) is 0 Å². The van der Waals surface area contributed by atoms with Crippen LogP contribution in [0, 0.1) is 5.92 Å². The molecule has 1 aliphatic carbocycles. The minimum Gasteiger partial charge on any atom is -0.309 e. The van der Waals surface area contributed by atoms with Gasteiger partial charge in [0.2, 0.25) is 0 Å². The molecule has 1 N–H and O–H groups in total. The van der Waals surface area contributed by atoms with Crippen molar-refractivity contribution in [3.05, 3.63) is 144 Å². The molecule has 1 nitrogen and oxygen atoms in total. The SMILES string of the molecule is c1ccc(C(c2ccccc2)C2CCCCC2)cc1.c1ccc(CNCc2ccccc2)cc1. The zero-order chi connectivity index (χ0) is 23.3. The molecule has 0 amide bonds. The Morgan fingerprint density at radius 3 is 1.29 bits per heavy atom. The Labute approximate surface area is 205 Å². The first kappa shape index (κ1) is 24.0. The normalized spacial score (nSPS) is 13.8. The Morgan fingerprint density at radius 1 is 0.500 bits per heavy atom. The molecule has 0 saturated heterocycles. The van der Waals surface area contributed by atoms with E-state index in [1.807, 2.05) is 12.1 Å². The minimum absolute atomic E-state index is 0.586. The molecule has 4 aromatic carbocycles. The predicted molar refractivity (Wildman–Crippen MR) is 145 cm³/mol. The largest absolute Gasteiger partial charge is 0.309 e. The van der Waals surface area contributed by atoms with Crippen LogP contribution in [-0.4, -0.2) is 0 Å².